The summed E-state index contributed by atoms with van der Waals surface area (Å²) in [5, 5.41) is 0. The fourth-order valence-electron chi connectivity index (χ4n) is 6.69. The maximum atomic E-state index is 13.8. The van der Waals surface area contributed by atoms with Crippen molar-refractivity contribution in [1.29, 1.82) is 0 Å². The number of Topliss-reactive ketones (excluding diaryl/α,β-unsaturated/α-hetero) is 1. The number of carbonyl (C=O) groups is 1. The standard InChI is InChI=1S/C48H44N2O/c1-34-8-20-42(21-9-34)49(43-22-10-35(2)11-23-43)46-28-16-38(17-29-46)32-40-6-5-7-41(48(40)51)33-39-18-30-47(31-19-39)50(44-24-12-36(3)13-25-44)45-26-14-37(4)15-27-45/h8-33H,5-7H2,1-4H3/b40-32-,41-33+. The first-order valence-corrected chi connectivity index (χ1v) is 17.8. The van der Waals surface area contributed by atoms with Crippen LogP contribution >= 0.6 is 0 Å². The third-order valence-electron chi connectivity index (χ3n) is 9.63. The van der Waals surface area contributed by atoms with Gasteiger partial charge in [0, 0.05) is 45.3 Å². The van der Waals surface area contributed by atoms with E-state index in [2.05, 4.69) is 195 Å². The summed E-state index contributed by atoms with van der Waals surface area (Å²) < 4.78 is 0. The number of carbonyl (C=O) groups excluding carboxylic acids is 1. The largest absolute Gasteiger partial charge is 0.311 e. The van der Waals surface area contributed by atoms with Gasteiger partial charge in [-0.05, 0) is 143 Å². The van der Waals surface area contributed by atoms with Crippen molar-refractivity contribution in [3.63, 3.8) is 0 Å². The lowest BCUT2D eigenvalue weighted by Crippen LogP contribution is -2.12. The van der Waals surface area contributed by atoms with Crippen molar-refractivity contribution in [2.75, 3.05) is 9.80 Å². The number of aryl methyl sites for hydroxylation is 4. The van der Waals surface area contributed by atoms with Gasteiger partial charge in [-0.2, -0.15) is 0 Å². The molecular formula is C48H44N2O. The van der Waals surface area contributed by atoms with E-state index in [0.717, 1.165) is 75.7 Å². The monoisotopic (exact) mass is 664 g/mol. The first-order valence-electron chi connectivity index (χ1n) is 17.8. The van der Waals surface area contributed by atoms with Crippen LogP contribution < -0.4 is 9.80 Å². The fraction of sp³-hybridized carbons (Fsp3) is 0.146. The van der Waals surface area contributed by atoms with Gasteiger partial charge < -0.3 is 9.80 Å². The molecule has 0 amide bonds. The second-order valence-electron chi connectivity index (χ2n) is 13.7. The van der Waals surface area contributed by atoms with Crippen molar-refractivity contribution in [3.8, 4) is 0 Å². The van der Waals surface area contributed by atoms with Crippen LogP contribution in [0.15, 0.2) is 157 Å². The molecule has 0 atom stereocenters. The summed E-state index contributed by atoms with van der Waals surface area (Å²) in [5.74, 6) is 0.149. The molecule has 6 aromatic carbocycles. The molecule has 0 bridgehead atoms. The maximum Gasteiger partial charge on any atom is 0.185 e. The van der Waals surface area contributed by atoms with Crippen molar-refractivity contribution < 1.29 is 4.79 Å². The topological polar surface area (TPSA) is 23.6 Å². The van der Waals surface area contributed by atoms with Crippen LogP contribution in [0, 0.1) is 27.7 Å². The van der Waals surface area contributed by atoms with Crippen molar-refractivity contribution in [1.82, 2.24) is 0 Å². The molecule has 0 aromatic heterocycles. The van der Waals surface area contributed by atoms with Gasteiger partial charge in [-0.3, -0.25) is 4.79 Å². The molecule has 51 heavy (non-hydrogen) atoms. The summed E-state index contributed by atoms with van der Waals surface area (Å²) in [6.07, 6.45) is 6.69. The minimum atomic E-state index is 0.149. The second-order valence-corrected chi connectivity index (χ2v) is 13.7. The van der Waals surface area contributed by atoms with E-state index in [1.807, 2.05) is 0 Å². The zero-order valence-corrected chi connectivity index (χ0v) is 29.9. The lowest BCUT2D eigenvalue weighted by molar-refractivity contribution is -0.112. The van der Waals surface area contributed by atoms with Crippen LogP contribution in [0.4, 0.5) is 34.1 Å². The number of anilines is 6. The lowest BCUT2D eigenvalue weighted by Gasteiger charge is -2.26. The average Bonchev–Trinajstić information content (AvgIpc) is 3.15. The summed E-state index contributed by atoms with van der Waals surface area (Å²) >= 11 is 0. The number of ketones is 1. The van der Waals surface area contributed by atoms with Gasteiger partial charge in [-0.15, -0.1) is 0 Å². The Morgan fingerprint density at radius 3 is 0.863 bits per heavy atom. The minimum absolute atomic E-state index is 0.149. The predicted octanol–water partition coefficient (Wildman–Crippen LogP) is 13.1. The Morgan fingerprint density at radius 1 is 0.373 bits per heavy atom. The van der Waals surface area contributed by atoms with Crippen molar-refractivity contribution in [2.45, 2.75) is 47.0 Å². The molecule has 0 saturated heterocycles. The first kappa shape index (κ1) is 33.6. The number of allylic oxidation sites excluding steroid dienone is 2. The second kappa shape index (κ2) is 14.9. The van der Waals surface area contributed by atoms with Gasteiger partial charge in [0.1, 0.15) is 0 Å². The molecule has 0 radical (unpaired) electrons. The Kier molecular flexibility index (Phi) is 9.81. The quantitative estimate of drug-likeness (QED) is 0.151. The Labute approximate surface area is 302 Å². The molecule has 1 aliphatic rings. The maximum absolute atomic E-state index is 13.8. The number of nitrogens with zero attached hydrogens (tertiary/aromatic N) is 2. The summed E-state index contributed by atoms with van der Waals surface area (Å²) in [6.45, 7) is 8.44. The molecule has 3 nitrogen and oxygen atoms in total. The fourth-order valence-corrected chi connectivity index (χ4v) is 6.69. The molecule has 0 spiro atoms. The average molecular weight is 665 g/mol. The Balaban J connectivity index is 1.12. The summed E-state index contributed by atoms with van der Waals surface area (Å²) in [7, 11) is 0. The van der Waals surface area contributed by atoms with Crippen LogP contribution in [0.25, 0.3) is 12.2 Å². The molecule has 1 aliphatic carbocycles. The molecule has 7 rings (SSSR count). The zero-order valence-electron chi connectivity index (χ0n) is 29.9. The van der Waals surface area contributed by atoms with Gasteiger partial charge in [0.2, 0.25) is 0 Å². The van der Waals surface area contributed by atoms with Gasteiger partial charge in [0.15, 0.2) is 5.78 Å². The van der Waals surface area contributed by atoms with Gasteiger partial charge in [-0.1, -0.05) is 95.1 Å². The summed E-state index contributed by atoms with van der Waals surface area (Å²) in [5.41, 5.74) is 15.3. The Morgan fingerprint density at radius 2 is 0.608 bits per heavy atom. The van der Waals surface area contributed by atoms with Gasteiger partial charge in [0.25, 0.3) is 0 Å². The van der Waals surface area contributed by atoms with Crippen LogP contribution in [0.3, 0.4) is 0 Å². The molecule has 252 valence electrons. The SMILES string of the molecule is Cc1ccc(N(c2ccc(C)cc2)c2ccc(/C=C3/CCC/C(=C\c4ccc(N(c5ccc(C)cc5)c5ccc(C)cc5)cc4)C3=O)cc2)cc1. The third-order valence-corrected chi connectivity index (χ3v) is 9.63. The smallest absolute Gasteiger partial charge is 0.185 e. The minimum Gasteiger partial charge on any atom is -0.311 e. The number of rotatable bonds is 8. The number of hydrogen-bond donors (Lipinski definition) is 0. The predicted molar refractivity (Wildman–Crippen MR) is 216 cm³/mol. The van der Waals surface area contributed by atoms with Gasteiger partial charge >= 0.3 is 0 Å². The molecule has 3 heteroatoms. The molecule has 0 heterocycles. The van der Waals surface area contributed by atoms with Crippen LogP contribution in [0.2, 0.25) is 0 Å². The number of benzene rings is 6. The van der Waals surface area contributed by atoms with E-state index in [4.69, 9.17) is 0 Å². The zero-order chi connectivity index (χ0) is 35.3. The molecule has 6 aromatic rings. The Bertz CT molecular complexity index is 1920. The highest BCUT2D eigenvalue weighted by molar-refractivity contribution is 6.14. The first-order chi connectivity index (χ1) is 24.8. The normalized spacial score (nSPS) is 14.5. The highest BCUT2D eigenvalue weighted by Crippen LogP contribution is 2.37. The van der Waals surface area contributed by atoms with E-state index in [1.54, 1.807) is 0 Å². The number of hydrogen-bond acceptors (Lipinski definition) is 3. The molecular weight excluding hydrogens is 621 g/mol. The van der Waals surface area contributed by atoms with Gasteiger partial charge in [-0.25, -0.2) is 0 Å². The highest BCUT2D eigenvalue weighted by atomic mass is 16.1. The van der Waals surface area contributed by atoms with Crippen LogP contribution in [0.1, 0.15) is 52.6 Å². The van der Waals surface area contributed by atoms with E-state index in [1.165, 1.54) is 22.3 Å². The Hall–Kier alpha value is -5.93. The molecule has 0 N–H and O–H groups in total. The lowest BCUT2D eigenvalue weighted by atomic mass is 9.87. The molecule has 1 fully saturated rings. The van der Waals surface area contributed by atoms with Crippen molar-refractivity contribution in [3.05, 3.63) is 190 Å². The van der Waals surface area contributed by atoms with E-state index in [9.17, 15) is 4.79 Å². The van der Waals surface area contributed by atoms with Crippen molar-refractivity contribution >= 4 is 52.1 Å². The molecule has 1 saturated carbocycles. The van der Waals surface area contributed by atoms with Crippen LogP contribution in [0.5, 0.6) is 0 Å². The van der Waals surface area contributed by atoms with Crippen molar-refractivity contribution in [2.24, 2.45) is 0 Å². The van der Waals surface area contributed by atoms with E-state index in [-0.39, 0.29) is 5.78 Å². The molecule has 0 aliphatic heterocycles. The summed E-state index contributed by atoms with van der Waals surface area (Å²) in [6, 6.07) is 51.6. The van der Waals surface area contributed by atoms with E-state index < -0.39 is 0 Å². The van der Waals surface area contributed by atoms with E-state index >= 15 is 0 Å². The van der Waals surface area contributed by atoms with Crippen LogP contribution in [-0.2, 0) is 4.79 Å². The molecule has 0 unspecified atom stereocenters. The summed E-state index contributed by atoms with van der Waals surface area (Å²) in [4.78, 5) is 18.3. The highest BCUT2D eigenvalue weighted by Gasteiger charge is 2.21. The van der Waals surface area contributed by atoms with Gasteiger partial charge in [0.05, 0.1) is 0 Å². The van der Waals surface area contributed by atoms with E-state index in [0.29, 0.717) is 0 Å². The van der Waals surface area contributed by atoms with Crippen LogP contribution in [-0.4, -0.2) is 5.78 Å². The third kappa shape index (κ3) is 7.79.